The largest absolute Gasteiger partial charge is 0.493 e. The molecule has 0 bridgehead atoms. The van der Waals surface area contributed by atoms with Crippen molar-refractivity contribution in [1.82, 2.24) is 9.88 Å². The van der Waals surface area contributed by atoms with Crippen LogP contribution >= 0.6 is 0 Å². The molecule has 2 fully saturated rings. The maximum Gasteiger partial charge on any atom is 0.222 e. The molecule has 0 N–H and O–H groups in total. The van der Waals surface area contributed by atoms with Crippen LogP contribution < -0.4 is 14.2 Å². The monoisotopic (exact) mass is 518 g/mol. The minimum absolute atomic E-state index is 0.163. The maximum absolute atomic E-state index is 15.2. The molecule has 6 rings (SSSR count). The first-order chi connectivity index (χ1) is 18.4. The highest BCUT2D eigenvalue weighted by Crippen LogP contribution is 2.40. The Bertz CT molecular complexity index is 1430. The fourth-order valence-electron chi connectivity index (χ4n) is 5.55. The van der Waals surface area contributed by atoms with Crippen molar-refractivity contribution in [3.05, 3.63) is 59.0 Å². The molecule has 2 aliphatic heterocycles. The van der Waals surface area contributed by atoms with Crippen molar-refractivity contribution in [2.24, 2.45) is 5.41 Å². The number of amides is 1. The number of rotatable bonds is 8. The lowest BCUT2D eigenvalue weighted by molar-refractivity contribution is -0.135. The second-order valence-corrected chi connectivity index (χ2v) is 10.6. The first-order valence-electron chi connectivity index (χ1n) is 13.1. The summed E-state index contributed by atoms with van der Waals surface area (Å²) in [5, 5.41) is 0.682. The van der Waals surface area contributed by atoms with Gasteiger partial charge in [-0.15, -0.1) is 0 Å². The number of likely N-dealkylation sites (tertiary alicyclic amines) is 1. The molecule has 2 saturated heterocycles. The minimum Gasteiger partial charge on any atom is -0.493 e. The molecule has 7 nitrogen and oxygen atoms in total. The zero-order valence-electron chi connectivity index (χ0n) is 21.7. The predicted molar refractivity (Wildman–Crippen MR) is 141 cm³/mol. The van der Waals surface area contributed by atoms with Crippen LogP contribution in [0.3, 0.4) is 0 Å². The Morgan fingerprint density at radius 2 is 2.03 bits per heavy atom. The molecular formula is C30H31FN2O5. The lowest BCUT2D eigenvalue weighted by Gasteiger charge is -2.37. The summed E-state index contributed by atoms with van der Waals surface area (Å²) in [6, 6.07) is 8.86. The normalized spacial score (nSPS) is 17.3. The zero-order valence-corrected chi connectivity index (χ0v) is 21.7. The molecule has 1 aromatic heterocycles. The third-order valence-corrected chi connectivity index (χ3v) is 7.70. The van der Waals surface area contributed by atoms with Crippen molar-refractivity contribution in [3.63, 3.8) is 0 Å². The lowest BCUT2D eigenvalue weighted by atomic mass is 9.85. The third-order valence-electron chi connectivity index (χ3n) is 7.70. The summed E-state index contributed by atoms with van der Waals surface area (Å²) in [5.41, 5.74) is 3.51. The number of benzene rings is 2. The average molecular weight is 519 g/mol. The van der Waals surface area contributed by atoms with E-state index in [1.807, 2.05) is 24.0 Å². The van der Waals surface area contributed by atoms with Crippen molar-refractivity contribution in [3.8, 4) is 23.0 Å². The average Bonchev–Trinajstić information content (AvgIpc) is 3.52. The summed E-state index contributed by atoms with van der Waals surface area (Å²) in [6.07, 6.45) is 6.31. The second-order valence-electron chi connectivity index (χ2n) is 10.6. The fourth-order valence-corrected chi connectivity index (χ4v) is 5.55. The summed E-state index contributed by atoms with van der Waals surface area (Å²) in [5.74, 6) is 1.49. The number of pyridine rings is 1. The van der Waals surface area contributed by atoms with Gasteiger partial charge in [-0.25, -0.2) is 4.39 Å². The molecule has 3 aliphatic rings. The summed E-state index contributed by atoms with van der Waals surface area (Å²) in [6.45, 7) is 5.51. The van der Waals surface area contributed by atoms with Crippen LogP contribution in [0, 0.1) is 11.2 Å². The van der Waals surface area contributed by atoms with E-state index in [1.54, 1.807) is 37.6 Å². The molecule has 198 valence electrons. The van der Waals surface area contributed by atoms with E-state index < -0.39 is 0 Å². The second kappa shape index (κ2) is 9.91. The number of methoxy groups -OCH3 is 1. The van der Waals surface area contributed by atoms with Gasteiger partial charge < -0.3 is 23.8 Å². The van der Waals surface area contributed by atoms with Crippen molar-refractivity contribution in [1.29, 1.82) is 0 Å². The van der Waals surface area contributed by atoms with E-state index >= 15 is 4.39 Å². The first kappa shape index (κ1) is 24.7. The van der Waals surface area contributed by atoms with E-state index in [0.717, 1.165) is 50.3 Å². The van der Waals surface area contributed by atoms with Crippen molar-refractivity contribution in [2.45, 2.75) is 32.6 Å². The smallest absolute Gasteiger partial charge is 0.222 e. The molecule has 2 aromatic carbocycles. The SMILES string of the molecule is COc1cc2c(Oc3ccc4c(c3F)C=C(C)C4)ccnc2cc1OCCCC(=O)N1CCC2(COC2)C1. The van der Waals surface area contributed by atoms with E-state index in [4.69, 9.17) is 18.9 Å². The van der Waals surface area contributed by atoms with E-state index in [2.05, 4.69) is 4.98 Å². The number of carbonyl (C=O) groups excluding carboxylic acids is 1. The van der Waals surface area contributed by atoms with Crippen LogP contribution in [-0.4, -0.2) is 55.8 Å². The molecule has 1 aliphatic carbocycles. The molecule has 1 spiro atoms. The number of halogens is 1. The van der Waals surface area contributed by atoms with Crippen LogP contribution in [0.15, 0.2) is 42.1 Å². The van der Waals surface area contributed by atoms with Crippen LogP contribution in [-0.2, 0) is 16.0 Å². The number of nitrogens with zero attached hydrogens (tertiary/aromatic N) is 2. The molecule has 0 unspecified atom stereocenters. The van der Waals surface area contributed by atoms with E-state index in [0.29, 0.717) is 53.2 Å². The van der Waals surface area contributed by atoms with Gasteiger partial charge in [-0.2, -0.15) is 0 Å². The van der Waals surface area contributed by atoms with Gasteiger partial charge in [-0.05, 0) is 49.9 Å². The Morgan fingerprint density at radius 3 is 2.79 bits per heavy atom. The lowest BCUT2D eigenvalue weighted by Crippen LogP contribution is -2.45. The van der Waals surface area contributed by atoms with Gasteiger partial charge in [0.25, 0.3) is 0 Å². The third kappa shape index (κ3) is 4.58. The Morgan fingerprint density at radius 1 is 1.16 bits per heavy atom. The van der Waals surface area contributed by atoms with E-state index in [1.165, 1.54) is 0 Å². The molecule has 0 atom stereocenters. The molecule has 38 heavy (non-hydrogen) atoms. The van der Waals surface area contributed by atoms with Gasteiger partial charge in [-0.1, -0.05) is 17.7 Å². The van der Waals surface area contributed by atoms with Crippen LogP contribution in [0.1, 0.15) is 37.3 Å². The predicted octanol–water partition coefficient (Wildman–Crippen LogP) is 5.54. The van der Waals surface area contributed by atoms with Crippen molar-refractivity contribution >= 4 is 22.9 Å². The van der Waals surface area contributed by atoms with Crippen LogP contribution in [0.4, 0.5) is 4.39 Å². The van der Waals surface area contributed by atoms with Gasteiger partial charge in [0.2, 0.25) is 5.91 Å². The van der Waals surface area contributed by atoms with Gasteiger partial charge in [0.1, 0.15) is 5.75 Å². The highest BCUT2D eigenvalue weighted by molar-refractivity contribution is 5.88. The van der Waals surface area contributed by atoms with Crippen LogP contribution in [0.5, 0.6) is 23.0 Å². The number of hydrogen-bond donors (Lipinski definition) is 0. The number of aromatic nitrogens is 1. The molecule has 3 heterocycles. The fraction of sp³-hybridized carbons (Fsp3) is 0.400. The molecule has 3 aromatic rings. The van der Waals surface area contributed by atoms with Crippen LogP contribution in [0.2, 0.25) is 0 Å². The van der Waals surface area contributed by atoms with Gasteiger partial charge in [0, 0.05) is 48.1 Å². The molecule has 0 radical (unpaired) electrons. The van der Waals surface area contributed by atoms with Gasteiger partial charge in [0.05, 0.1) is 32.4 Å². The van der Waals surface area contributed by atoms with Gasteiger partial charge in [-0.3, -0.25) is 9.78 Å². The Kier molecular flexibility index (Phi) is 6.43. The summed E-state index contributed by atoms with van der Waals surface area (Å²) >= 11 is 0. The molecule has 8 heteroatoms. The molecule has 0 saturated carbocycles. The quantitative estimate of drug-likeness (QED) is 0.365. The highest BCUT2D eigenvalue weighted by Gasteiger charge is 2.45. The summed E-state index contributed by atoms with van der Waals surface area (Å²) in [7, 11) is 1.57. The molecule has 1 amide bonds. The Hall–Kier alpha value is -3.65. The van der Waals surface area contributed by atoms with Crippen LogP contribution in [0.25, 0.3) is 17.0 Å². The van der Waals surface area contributed by atoms with Gasteiger partial charge in [0.15, 0.2) is 23.1 Å². The Labute approximate surface area is 221 Å². The standard InChI is InChI=1S/C30H31FN2O5/c1-19-12-20-5-6-25(29(31)21(20)13-19)38-24-7-9-32-23-15-27(26(35-2)14-22(23)24)37-11-3-4-28(34)33-10-8-30(16-33)17-36-18-30/h5-7,9,13-15H,3-4,8,10-12,16-18H2,1-2H3. The molecular weight excluding hydrogens is 487 g/mol. The number of carbonyl (C=O) groups is 1. The Balaban J connectivity index is 1.13. The highest BCUT2D eigenvalue weighted by atomic mass is 19.1. The number of allylic oxidation sites excluding steroid dienone is 1. The number of hydrogen-bond acceptors (Lipinski definition) is 6. The van der Waals surface area contributed by atoms with E-state index in [-0.39, 0.29) is 22.9 Å². The van der Waals surface area contributed by atoms with Crippen molar-refractivity contribution < 1.29 is 28.1 Å². The van der Waals surface area contributed by atoms with Gasteiger partial charge >= 0.3 is 0 Å². The minimum atomic E-state index is -0.365. The topological polar surface area (TPSA) is 70.1 Å². The summed E-state index contributed by atoms with van der Waals surface area (Å²) in [4.78, 5) is 19.0. The zero-order chi connectivity index (χ0) is 26.3. The first-order valence-corrected chi connectivity index (χ1v) is 13.1. The van der Waals surface area contributed by atoms with E-state index in [9.17, 15) is 4.79 Å². The summed E-state index contributed by atoms with van der Waals surface area (Å²) < 4.78 is 38.1. The maximum atomic E-state index is 15.2. The number of fused-ring (bicyclic) bond motifs is 2. The van der Waals surface area contributed by atoms with Crippen molar-refractivity contribution in [2.75, 3.05) is 40.0 Å². The number of ether oxygens (including phenoxy) is 4.